The Morgan fingerprint density at radius 1 is 0.480 bits per heavy atom. The molecule has 290 valence electrons. The molecule has 0 saturated carbocycles. The molecule has 1 unspecified atom stereocenters. The fourth-order valence-corrected chi connectivity index (χ4v) is 6.04. The molecule has 0 radical (unpaired) electrons. The third-order valence-electron chi connectivity index (χ3n) is 9.23. The van der Waals surface area contributed by atoms with E-state index in [0.29, 0.717) is 12.8 Å². The lowest BCUT2D eigenvalue weighted by molar-refractivity contribution is -0.161. The quantitative estimate of drug-likeness (QED) is 0.0394. The van der Waals surface area contributed by atoms with Gasteiger partial charge in [-0.05, 0) is 32.1 Å². The summed E-state index contributed by atoms with van der Waals surface area (Å²) in [4.78, 5) is 24.2. The van der Waals surface area contributed by atoms with Crippen molar-refractivity contribution in [3.63, 3.8) is 0 Å². The average molecular weight is 701 g/mol. The van der Waals surface area contributed by atoms with Gasteiger partial charge in [0.25, 0.3) is 0 Å². The Bertz CT molecular complexity index is 842. The minimum absolute atomic E-state index is 0.0851. The van der Waals surface area contributed by atoms with Gasteiger partial charge in [0.2, 0.25) is 0 Å². The summed E-state index contributed by atoms with van der Waals surface area (Å²) in [5, 5.41) is 9.56. The molecule has 0 aliphatic heterocycles. The van der Waals surface area contributed by atoms with Crippen LogP contribution in [0, 0.1) is 0 Å². The molecule has 0 bridgehead atoms. The van der Waals surface area contributed by atoms with E-state index in [1.807, 2.05) is 36.5 Å². The molecule has 0 aromatic heterocycles. The number of aliphatic hydroxyl groups excluding tert-OH is 1. The number of hydrogen-bond donors (Lipinski definition) is 1. The second-order valence-electron chi connectivity index (χ2n) is 14.1. The zero-order valence-electron chi connectivity index (χ0n) is 32.9. The molecule has 0 aliphatic carbocycles. The van der Waals surface area contributed by atoms with Crippen molar-refractivity contribution in [2.45, 2.75) is 213 Å². The Morgan fingerprint density at radius 2 is 0.860 bits per heavy atom. The molecule has 0 amide bonds. The van der Waals surface area contributed by atoms with Crippen LogP contribution in [-0.2, 0) is 19.1 Å². The predicted octanol–water partition coefficient (Wildman–Crippen LogP) is 13.4. The highest BCUT2D eigenvalue weighted by Crippen LogP contribution is 2.16. The molecule has 0 heterocycles. The molecule has 0 rings (SSSR count). The molecule has 0 spiro atoms. The third-order valence-corrected chi connectivity index (χ3v) is 9.23. The highest BCUT2D eigenvalue weighted by molar-refractivity contribution is 5.70. The van der Waals surface area contributed by atoms with Crippen LogP contribution in [0.2, 0.25) is 0 Å². The summed E-state index contributed by atoms with van der Waals surface area (Å²) in [5.41, 5.74) is 0. The van der Waals surface area contributed by atoms with Gasteiger partial charge in [0.05, 0.1) is 6.61 Å². The van der Waals surface area contributed by atoms with Crippen molar-refractivity contribution in [3.8, 4) is 0 Å². The molecule has 0 saturated heterocycles. The van der Waals surface area contributed by atoms with Gasteiger partial charge < -0.3 is 14.6 Å². The van der Waals surface area contributed by atoms with Gasteiger partial charge in [-0.1, -0.05) is 210 Å². The van der Waals surface area contributed by atoms with E-state index in [0.717, 1.165) is 51.4 Å². The maximum Gasteiger partial charge on any atom is 0.306 e. The molecule has 50 heavy (non-hydrogen) atoms. The highest BCUT2D eigenvalue weighted by atomic mass is 16.6. The summed E-state index contributed by atoms with van der Waals surface area (Å²) < 4.78 is 10.6. The lowest BCUT2D eigenvalue weighted by Crippen LogP contribution is -2.28. The summed E-state index contributed by atoms with van der Waals surface area (Å²) in [5.74, 6) is -0.632. The standard InChI is InChI=1S/C45H80O5/c1-3-5-7-9-11-13-15-17-18-19-20-21-22-23-24-25-26-28-30-32-34-36-38-40-45(48)50-43(41-46)42-49-44(47)39-37-35-33-31-29-27-16-14-12-10-8-6-4-2/h6,8,10,12,14,16,27,29,43,46H,3-5,7,9,11,13,15,17-26,28,30-42H2,1-2H3/b8-6+,12-10+,16-14+,29-27+. The Kier molecular flexibility index (Phi) is 39.5. The number of carbonyl (C=O) groups excluding carboxylic acids is 2. The van der Waals surface area contributed by atoms with E-state index in [-0.39, 0.29) is 25.2 Å². The minimum Gasteiger partial charge on any atom is -0.462 e. The number of aliphatic hydroxyl groups is 1. The Labute approximate surface area is 309 Å². The van der Waals surface area contributed by atoms with E-state index in [1.165, 1.54) is 128 Å². The first-order valence-corrected chi connectivity index (χ1v) is 21.2. The van der Waals surface area contributed by atoms with Crippen LogP contribution in [0.5, 0.6) is 0 Å². The van der Waals surface area contributed by atoms with E-state index in [9.17, 15) is 14.7 Å². The van der Waals surface area contributed by atoms with Crippen molar-refractivity contribution in [3.05, 3.63) is 48.6 Å². The molecule has 5 heteroatoms. The van der Waals surface area contributed by atoms with Crippen LogP contribution in [0.25, 0.3) is 0 Å². The van der Waals surface area contributed by atoms with Gasteiger partial charge >= 0.3 is 11.9 Å². The molecule has 1 atom stereocenters. The summed E-state index contributed by atoms with van der Waals surface area (Å²) in [6.07, 6.45) is 51.9. The summed E-state index contributed by atoms with van der Waals surface area (Å²) in [6, 6.07) is 0. The van der Waals surface area contributed by atoms with Gasteiger partial charge in [0.1, 0.15) is 6.61 Å². The zero-order valence-corrected chi connectivity index (χ0v) is 32.9. The summed E-state index contributed by atoms with van der Waals surface area (Å²) in [7, 11) is 0. The molecule has 0 fully saturated rings. The molecule has 0 aromatic rings. The lowest BCUT2D eigenvalue weighted by Gasteiger charge is -2.15. The van der Waals surface area contributed by atoms with Gasteiger partial charge in [0, 0.05) is 12.8 Å². The molecule has 0 aromatic carbocycles. The molecule has 0 aliphatic rings. The second kappa shape index (κ2) is 41.3. The van der Waals surface area contributed by atoms with E-state index in [2.05, 4.69) is 26.0 Å². The predicted molar refractivity (Wildman–Crippen MR) is 214 cm³/mol. The Morgan fingerprint density at radius 3 is 1.30 bits per heavy atom. The number of hydrogen-bond acceptors (Lipinski definition) is 5. The van der Waals surface area contributed by atoms with Gasteiger partial charge in [-0.15, -0.1) is 0 Å². The number of esters is 2. The minimum atomic E-state index is -0.785. The fourth-order valence-electron chi connectivity index (χ4n) is 6.04. The van der Waals surface area contributed by atoms with Crippen LogP contribution < -0.4 is 0 Å². The zero-order chi connectivity index (χ0) is 36.4. The van der Waals surface area contributed by atoms with Crippen LogP contribution in [0.4, 0.5) is 0 Å². The van der Waals surface area contributed by atoms with Gasteiger partial charge in [-0.25, -0.2) is 0 Å². The number of carbonyl (C=O) groups is 2. The van der Waals surface area contributed by atoms with Crippen molar-refractivity contribution < 1.29 is 24.2 Å². The fraction of sp³-hybridized carbons (Fsp3) is 0.778. The number of allylic oxidation sites excluding steroid dienone is 8. The van der Waals surface area contributed by atoms with Crippen LogP contribution in [0.15, 0.2) is 48.6 Å². The largest absolute Gasteiger partial charge is 0.462 e. The maximum absolute atomic E-state index is 12.2. The van der Waals surface area contributed by atoms with Crippen molar-refractivity contribution in [2.75, 3.05) is 13.2 Å². The normalized spacial score (nSPS) is 12.6. The van der Waals surface area contributed by atoms with E-state index >= 15 is 0 Å². The first kappa shape index (κ1) is 47.9. The van der Waals surface area contributed by atoms with Crippen molar-refractivity contribution >= 4 is 11.9 Å². The van der Waals surface area contributed by atoms with Gasteiger partial charge in [0.15, 0.2) is 6.10 Å². The van der Waals surface area contributed by atoms with E-state index in [1.54, 1.807) is 0 Å². The topological polar surface area (TPSA) is 72.8 Å². The number of rotatable bonds is 38. The highest BCUT2D eigenvalue weighted by Gasteiger charge is 2.16. The second-order valence-corrected chi connectivity index (χ2v) is 14.1. The first-order valence-electron chi connectivity index (χ1n) is 21.2. The molecule has 1 N–H and O–H groups in total. The average Bonchev–Trinajstić information content (AvgIpc) is 3.12. The molecular weight excluding hydrogens is 620 g/mol. The van der Waals surface area contributed by atoms with Crippen LogP contribution in [0.3, 0.4) is 0 Å². The maximum atomic E-state index is 12.2. The summed E-state index contributed by atoms with van der Waals surface area (Å²) >= 11 is 0. The lowest BCUT2D eigenvalue weighted by atomic mass is 10.0. The van der Waals surface area contributed by atoms with Crippen LogP contribution in [-0.4, -0.2) is 36.4 Å². The Hall–Kier alpha value is -2.14. The monoisotopic (exact) mass is 701 g/mol. The van der Waals surface area contributed by atoms with E-state index in [4.69, 9.17) is 9.47 Å². The molecule has 5 nitrogen and oxygen atoms in total. The molecular formula is C45H80O5. The van der Waals surface area contributed by atoms with Crippen LogP contribution in [0.1, 0.15) is 206 Å². The van der Waals surface area contributed by atoms with Gasteiger partial charge in [-0.3, -0.25) is 9.59 Å². The van der Waals surface area contributed by atoms with Crippen molar-refractivity contribution in [1.29, 1.82) is 0 Å². The third kappa shape index (κ3) is 38.7. The number of ether oxygens (including phenoxy) is 2. The van der Waals surface area contributed by atoms with Crippen LogP contribution >= 0.6 is 0 Å². The van der Waals surface area contributed by atoms with E-state index < -0.39 is 6.10 Å². The Balaban J connectivity index is 3.51. The van der Waals surface area contributed by atoms with Gasteiger partial charge in [-0.2, -0.15) is 0 Å². The first-order chi connectivity index (χ1) is 24.6. The SMILES string of the molecule is CC/C=C/C=C/C=C/C=C/CCCCCC(=O)OCC(CO)OC(=O)CCCCCCCCCCCCCCCCCCCCCCCCC. The van der Waals surface area contributed by atoms with Crippen molar-refractivity contribution in [2.24, 2.45) is 0 Å². The van der Waals surface area contributed by atoms with Crippen molar-refractivity contribution in [1.82, 2.24) is 0 Å². The summed E-state index contributed by atoms with van der Waals surface area (Å²) in [6.45, 7) is 3.97. The number of unbranched alkanes of at least 4 members (excludes halogenated alkanes) is 25. The smallest absolute Gasteiger partial charge is 0.306 e.